The van der Waals surface area contributed by atoms with Crippen molar-refractivity contribution in [3.63, 3.8) is 0 Å². The van der Waals surface area contributed by atoms with Gasteiger partial charge in [0.05, 0.1) is 25.0 Å². The van der Waals surface area contributed by atoms with E-state index in [2.05, 4.69) is 49.6 Å². The standard InChI is InChI=1S/C22H26N2O3/c1-22(2,3)17-6-4-16(5-7-17)15-24-18-8-11-27-20(18)14-19(24)21(25)23-9-12-26-13-10-23/h4-8,11,14H,9-10,12-13,15H2,1-3H3. The fourth-order valence-corrected chi connectivity index (χ4v) is 3.55. The van der Waals surface area contributed by atoms with Gasteiger partial charge in [-0.15, -0.1) is 0 Å². The van der Waals surface area contributed by atoms with Crippen LogP contribution in [0.5, 0.6) is 0 Å². The summed E-state index contributed by atoms with van der Waals surface area (Å²) >= 11 is 0. The van der Waals surface area contributed by atoms with Gasteiger partial charge in [0.1, 0.15) is 5.69 Å². The number of benzene rings is 1. The lowest BCUT2D eigenvalue weighted by molar-refractivity contribution is 0.0296. The molecule has 0 bridgehead atoms. The molecule has 1 amide bonds. The minimum Gasteiger partial charge on any atom is -0.463 e. The average molecular weight is 366 g/mol. The first-order valence-electron chi connectivity index (χ1n) is 9.47. The quantitative estimate of drug-likeness (QED) is 0.702. The first-order chi connectivity index (χ1) is 12.9. The van der Waals surface area contributed by atoms with Crippen molar-refractivity contribution in [1.82, 2.24) is 9.47 Å². The van der Waals surface area contributed by atoms with Crippen LogP contribution in [-0.2, 0) is 16.7 Å². The smallest absolute Gasteiger partial charge is 0.270 e. The zero-order valence-corrected chi connectivity index (χ0v) is 16.2. The van der Waals surface area contributed by atoms with Crippen molar-refractivity contribution < 1.29 is 13.9 Å². The molecule has 0 atom stereocenters. The summed E-state index contributed by atoms with van der Waals surface area (Å²) in [5.41, 5.74) is 4.96. The number of morpholine rings is 1. The number of nitrogens with zero attached hydrogens (tertiary/aromatic N) is 2. The van der Waals surface area contributed by atoms with E-state index < -0.39 is 0 Å². The largest absolute Gasteiger partial charge is 0.463 e. The maximum atomic E-state index is 13.1. The number of amides is 1. The molecule has 0 spiro atoms. The number of carbonyl (C=O) groups is 1. The van der Waals surface area contributed by atoms with E-state index in [1.165, 1.54) is 5.56 Å². The molecule has 0 radical (unpaired) electrons. The highest BCUT2D eigenvalue weighted by Gasteiger charge is 2.24. The lowest BCUT2D eigenvalue weighted by Gasteiger charge is -2.27. The Bertz CT molecular complexity index is 938. The number of fused-ring (bicyclic) bond motifs is 1. The number of hydrogen-bond acceptors (Lipinski definition) is 3. The molecule has 4 rings (SSSR count). The molecule has 1 saturated heterocycles. The average Bonchev–Trinajstić information content (AvgIpc) is 3.24. The maximum Gasteiger partial charge on any atom is 0.270 e. The topological polar surface area (TPSA) is 47.6 Å². The van der Waals surface area contributed by atoms with Gasteiger partial charge in [-0.3, -0.25) is 4.79 Å². The van der Waals surface area contributed by atoms with Gasteiger partial charge in [0, 0.05) is 31.8 Å². The molecule has 0 aliphatic carbocycles. The van der Waals surface area contributed by atoms with Gasteiger partial charge >= 0.3 is 0 Å². The van der Waals surface area contributed by atoms with Crippen molar-refractivity contribution in [1.29, 1.82) is 0 Å². The summed E-state index contributed by atoms with van der Waals surface area (Å²) in [5, 5.41) is 0. The number of aromatic nitrogens is 1. The van der Waals surface area contributed by atoms with Gasteiger partial charge in [0.2, 0.25) is 0 Å². The molecule has 1 aliphatic rings. The van der Waals surface area contributed by atoms with E-state index in [1.54, 1.807) is 6.26 Å². The number of ether oxygens (including phenoxy) is 1. The highest BCUT2D eigenvalue weighted by Crippen LogP contribution is 2.26. The van der Waals surface area contributed by atoms with Crippen LogP contribution in [-0.4, -0.2) is 41.7 Å². The molecule has 1 fully saturated rings. The van der Waals surface area contributed by atoms with Crippen LogP contribution in [0.4, 0.5) is 0 Å². The van der Waals surface area contributed by atoms with E-state index in [9.17, 15) is 4.79 Å². The third kappa shape index (κ3) is 3.52. The second-order valence-electron chi connectivity index (χ2n) is 8.14. The lowest BCUT2D eigenvalue weighted by Crippen LogP contribution is -2.41. The number of hydrogen-bond donors (Lipinski definition) is 0. The molecule has 3 heterocycles. The lowest BCUT2D eigenvalue weighted by atomic mass is 9.87. The summed E-state index contributed by atoms with van der Waals surface area (Å²) in [4.78, 5) is 14.9. The molecule has 27 heavy (non-hydrogen) atoms. The van der Waals surface area contributed by atoms with Crippen molar-refractivity contribution in [2.75, 3.05) is 26.3 Å². The molecule has 1 aromatic carbocycles. The number of carbonyl (C=O) groups excluding carboxylic acids is 1. The van der Waals surface area contributed by atoms with Gasteiger partial charge in [-0.1, -0.05) is 45.0 Å². The van der Waals surface area contributed by atoms with Crippen LogP contribution in [0.15, 0.2) is 47.1 Å². The van der Waals surface area contributed by atoms with Gasteiger partial charge < -0.3 is 18.6 Å². The second kappa shape index (κ2) is 6.89. The van der Waals surface area contributed by atoms with Crippen LogP contribution >= 0.6 is 0 Å². The van der Waals surface area contributed by atoms with Gasteiger partial charge in [0.25, 0.3) is 5.91 Å². The van der Waals surface area contributed by atoms with Crippen molar-refractivity contribution in [2.45, 2.75) is 32.7 Å². The molecule has 3 aromatic rings. The molecule has 5 heteroatoms. The van der Waals surface area contributed by atoms with E-state index in [-0.39, 0.29) is 11.3 Å². The molecular weight excluding hydrogens is 340 g/mol. The van der Waals surface area contributed by atoms with Crippen LogP contribution in [0.25, 0.3) is 11.1 Å². The normalized spacial score (nSPS) is 15.4. The third-order valence-corrected chi connectivity index (χ3v) is 5.20. The van der Waals surface area contributed by atoms with Crippen molar-refractivity contribution >= 4 is 17.0 Å². The van der Waals surface area contributed by atoms with Crippen LogP contribution in [0.1, 0.15) is 42.4 Å². The summed E-state index contributed by atoms with van der Waals surface area (Å²) in [7, 11) is 0. The van der Waals surface area contributed by atoms with E-state index in [1.807, 2.05) is 17.0 Å². The van der Waals surface area contributed by atoms with Crippen LogP contribution in [0.2, 0.25) is 0 Å². The molecule has 2 aromatic heterocycles. The molecule has 0 saturated carbocycles. The minimum absolute atomic E-state index is 0.0380. The number of furan rings is 1. The van der Waals surface area contributed by atoms with Crippen molar-refractivity contribution in [3.05, 3.63) is 59.5 Å². The van der Waals surface area contributed by atoms with Crippen LogP contribution < -0.4 is 0 Å². The molecular formula is C22H26N2O3. The Hall–Kier alpha value is -2.53. The maximum absolute atomic E-state index is 13.1. The predicted octanol–water partition coefficient (Wildman–Crippen LogP) is 4.05. The first kappa shape index (κ1) is 17.9. The monoisotopic (exact) mass is 366 g/mol. The molecule has 142 valence electrons. The highest BCUT2D eigenvalue weighted by atomic mass is 16.5. The zero-order valence-electron chi connectivity index (χ0n) is 16.2. The Labute approximate surface area is 159 Å². The summed E-state index contributed by atoms with van der Waals surface area (Å²) in [6.07, 6.45) is 1.67. The summed E-state index contributed by atoms with van der Waals surface area (Å²) in [6, 6.07) is 12.4. The Morgan fingerprint density at radius 2 is 1.78 bits per heavy atom. The Morgan fingerprint density at radius 1 is 1.07 bits per heavy atom. The van der Waals surface area contributed by atoms with Crippen molar-refractivity contribution in [2.24, 2.45) is 0 Å². The van der Waals surface area contributed by atoms with Gasteiger partial charge in [-0.2, -0.15) is 0 Å². The van der Waals surface area contributed by atoms with Gasteiger partial charge in [0.15, 0.2) is 5.58 Å². The Kier molecular flexibility index (Phi) is 4.56. The van der Waals surface area contributed by atoms with Crippen LogP contribution in [0, 0.1) is 0 Å². The Morgan fingerprint density at radius 3 is 2.44 bits per heavy atom. The molecule has 0 unspecified atom stereocenters. The zero-order chi connectivity index (χ0) is 19.0. The van der Waals surface area contributed by atoms with Gasteiger partial charge in [-0.05, 0) is 16.5 Å². The summed E-state index contributed by atoms with van der Waals surface area (Å²) < 4.78 is 13.0. The van der Waals surface area contributed by atoms with Crippen LogP contribution in [0.3, 0.4) is 0 Å². The van der Waals surface area contributed by atoms with Gasteiger partial charge in [-0.25, -0.2) is 0 Å². The fraction of sp³-hybridized carbons (Fsp3) is 0.409. The molecule has 0 N–H and O–H groups in total. The first-order valence-corrected chi connectivity index (χ1v) is 9.47. The van der Waals surface area contributed by atoms with E-state index in [0.717, 1.165) is 16.7 Å². The summed E-state index contributed by atoms with van der Waals surface area (Å²) in [5.74, 6) is 0.0380. The van der Waals surface area contributed by atoms with E-state index >= 15 is 0 Å². The fourth-order valence-electron chi connectivity index (χ4n) is 3.55. The summed E-state index contributed by atoms with van der Waals surface area (Å²) in [6.45, 7) is 9.72. The van der Waals surface area contributed by atoms with E-state index in [4.69, 9.17) is 9.15 Å². The Balaban J connectivity index is 1.66. The van der Waals surface area contributed by atoms with Crippen molar-refractivity contribution in [3.8, 4) is 0 Å². The molecule has 1 aliphatic heterocycles. The predicted molar refractivity (Wildman–Crippen MR) is 105 cm³/mol. The SMILES string of the molecule is CC(C)(C)c1ccc(Cn2c(C(=O)N3CCOCC3)cc3occc32)cc1. The highest BCUT2D eigenvalue weighted by molar-refractivity contribution is 5.97. The minimum atomic E-state index is 0.0380. The second-order valence-corrected chi connectivity index (χ2v) is 8.14. The number of rotatable bonds is 3. The third-order valence-electron chi connectivity index (χ3n) is 5.20. The molecule has 5 nitrogen and oxygen atoms in total. The van der Waals surface area contributed by atoms with E-state index in [0.29, 0.717) is 38.5 Å².